The van der Waals surface area contributed by atoms with E-state index in [9.17, 15) is 9.50 Å². The lowest BCUT2D eigenvalue weighted by atomic mass is 10.1. The molecule has 2 aliphatic rings. The van der Waals surface area contributed by atoms with Gasteiger partial charge < -0.3 is 19.6 Å². The first-order valence-electron chi connectivity index (χ1n) is 8.61. The number of aliphatic hydroxyl groups excluding tert-OH is 1. The van der Waals surface area contributed by atoms with Gasteiger partial charge in [0, 0.05) is 26.2 Å². The molecule has 0 bridgehead atoms. The molecule has 1 saturated heterocycles. The van der Waals surface area contributed by atoms with Crippen molar-refractivity contribution in [3.05, 3.63) is 29.6 Å². The number of rotatable bonds is 5. The highest BCUT2D eigenvalue weighted by Gasteiger charge is 2.26. The molecule has 1 aliphatic carbocycles. The van der Waals surface area contributed by atoms with E-state index in [0.717, 1.165) is 44.5 Å². The molecule has 0 amide bonds. The van der Waals surface area contributed by atoms with Crippen LogP contribution in [0.3, 0.4) is 0 Å². The Kier molecular flexibility index (Phi) is 5.51. The predicted molar refractivity (Wildman–Crippen MR) is 89.1 cm³/mol. The fourth-order valence-electron chi connectivity index (χ4n) is 3.72. The molecule has 23 heavy (non-hydrogen) atoms. The number of aliphatic hydroxyl groups is 1. The van der Waals surface area contributed by atoms with Crippen molar-refractivity contribution in [1.29, 1.82) is 0 Å². The SMILES string of the molecule is CN(Cc1ccc(N2CCOCC2)c(F)c1)CC1CCCC1O. The maximum Gasteiger partial charge on any atom is 0.146 e. The van der Waals surface area contributed by atoms with E-state index >= 15 is 0 Å². The van der Waals surface area contributed by atoms with Crippen LogP contribution in [0.1, 0.15) is 24.8 Å². The largest absolute Gasteiger partial charge is 0.393 e. The molecule has 128 valence electrons. The van der Waals surface area contributed by atoms with Crippen molar-refractivity contribution in [2.24, 2.45) is 5.92 Å². The molecule has 2 fully saturated rings. The van der Waals surface area contributed by atoms with E-state index in [-0.39, 0.29) is 11.9 Å². The summed E-state index contributed by atoms with van der Waals surface area (Å²) < 4.78 is 19.7. The van der Waals surface area contributed by atoms with E-state index in [0.29, 0.717) is 31.4 Å². The third-order valence-electron chi connectivity index (χ3n) is 4.98. The van der Waals surface area contributed by atoms with Crippen molar-refractivity contribution in [3.8, 4) is 0 Å². The topological polar surface area (TPSA) is 35.9 Å². The molecule has 0 spiro atoms. The van der Waals surface area contributed by atoms with Crippen LogP contribution in [0.5, 0.6) is 0 Å². The summed E-state index contributed by atoms with van der Waals surface area (Å²) >= 11 is 0. The van der Waals surface area contributed by atoms with Gasteiger partial charge in [0.25, 0.3) is 0 Å². The molecule has 4 nitrogen and oxygen atoms in total. The average Bonchev–Trinajstić information content (AvgIpc) is 2.93. The van der Waals surface area contributed by atoms with Gasteiger partial charge in [-0.1, -0.05) is 12.5 Å². The van der Waals surface area contributed by atoms with Crippen molar-refractivity contribution >= 4 is 5.69 Å². The predicted octanol–water partition coefficient (Wildman–Crippen LogP) is 2.26. The normalized spacial score (nSPS) is 25.3. The van der Waals surface area contributed by atoms with Crippen LogP contribution in [0.15, 0.2) is 18.2 Å². The van der Waals surface area contributed by atoms with Gasteiger partial charge in [-0.15, -0.1) is 0 Å². The molecular weight excluding hydrogens is 295 g/mol. The zero-order valence-corrected chi connectivity index (χ0v) is 13.9. The van der Waals surface area contributed by atoms with E-state index in [1.165, 1.54) is 0 Å². The van der Waals surface area contributed by atoms with Gasteiger partial charge in [0.2, 0.25) is 0 Å². The number of morpholine rings is 1. The van der Waals surface area contributed by atoms with Crippen molar-refractivity contribution in [3.63, 3.8) is 0 Å². The number of anilines is 1. The zero-order valence-electron chi connectivity index (χ0n) is 13.9. The smallest absolute Gasteiger partial charge is 0.146 e. The number of benzene rings is 1. The fourth-order valence-corrected chi connectivity index (χ4v) is 3.72. The van der Waals surface area contributed by atoms with E-state index in [1.807, 2.05) is 24.1 Å². The quantitative estimate of drug-likeness (QED) is 0.902. The van der Waals surface area contributed by atoms with Crippen LogP contribution in [-0.4, -0.2) is 56.0 Å². The van der Waals surface area contributed by atoms with Crippen LogP contribution < -0.4 is 4.90 Å². The lowest BCUT2D eigenvalue weighted by molar-refractivity contribution is 0.108. The van der Waals surface area contributed by atoms with Gasteiger partial charge in [-0.2, -0.15) is 0 Å². The lowest BCUT2D eigenvalue weighted by Crippen LogP contribution is -2.36. The van der Waals surface area contributed by atoms with Gasteiger partial charge in [-0.25, -0.2) is 4.39 Å². The fraction of sp³-hybridized carbons (Fsp3) is 0.667. The molecule has 1 aromatic carbocycles. The molecule has 3 rings (SSSR count). The number of hydrogen-bond acceptors (Lipinski definition) is 4. The molecule has 2 unspecified atom stereocenters. The number of nitrogens with zero attached hydrogens (tertiary/aromatic N) is 2. The third kappa shape index (κ3) is 4.22. The molecular formula is C18H27FN2O2. The Labute approximate surface area is 137 Å². The van der Waals surface area contributed by atoms with Crippen molar-refractivity contribution in [1.82, 2.24) is 4.90 Å². The van der Waals surface area contributed by atoms with Gasteiger partial charge in [0.1, 0.15) is 5.82 Å². The molecule has 1 aromatic rings. The Morgan fingerprint density at radius 2 is 2.09 bits per heavy atom. The molecule has 1 heterocycles. The summed E-state index contributed by atoms with van der Waals surface area (Å²) in [4.78, 5) is 4.23. The van der Waals surface area contributed by atoms with Crippen LogP contribution in [0, 0.1) is 11.7 Å². The van der Waals surface area contributed by atoms with Gasteiger partial charge in [-0.05, 0) is 43.5 Å². The highest BCUT2D eigenvalue weighted by molar-refractivity contribution is 5.49. The second-order valence-corrected chi connectivity index (χ2v) is 6.84. The van der Waals surface area contributed by atoms with Crippen molar-refractivity contribution in [2.75, 3.05) is 44.8 Å². The molecule has 0 aromatic heterocycles. The minimum Gasteiger partial charge on any atom is -0.393 e. The van der Waals surface area contributed by atoms with Crippen molar-refractivity contribution in [2.45, 2.75) is 31.9 Å². The second-order valence-electron chi connectivity index (χ2n) is 6.84. The molecule has 2 atom stereocenters. The van der Waals surface area contributed by atoms with E-state index in [2.05, 4.69) is 4.90 Å². The summed E-state index contributed by atoms with van der Waals surface area (Å²) in [6.07, 6.45) is 2.96. The first-order chi connectivity index (χ1) is 11.1. The maximum absolute atomic E-state index is 14.4. The number of hydrogen-bond donors (Lipinski definition) is 1. The van der Waals surface area contributed by atoms with E-state index < -0.39 is 0 Å². The first-order valence-corrected chi connectivity index (χ1v) is 8.61. The Bertz CT molecular complexity index is 520. The Balaban J connectivity index is 1.58. The van der Waals surface area contributed by atoms with E-state index in [4.69, 9.17) is 4.74 Å². The molecule has 5 heteroatoms. The molecule has 1 aliphatic heterocycles. The third-order valence-corrected chi connectivity index (χ3v) is 4.98. The molecule has 0 radical (unpaired) electrons. The summed E-state index contributed by atoms with van der Waals surface area (Å²) in [5.74, 6) is 0.205. The monoisotopic (exact) mass is 322 g/mol. The average molecular weight is 322 g/mol. The van der Waals surface area contributed by atoms with Gasteiger partial charge in [0.05, 0.1) is 25.0 Å². The van der Waals surface area contributed by atoms with E-state index in [1.54, 1.807) is 6.07 Å². The highest BCUT2D eigenvalue weighted by atomic mass is 19.1. The van der Waals surface area contributed by atoms with Crippen molar-refractivity contribution < 1.29 is 14.2 Å². The van der Waals surface area contributed by atoms with Crippen LogP contribution in [0.2, 0.25) is 0 Å². The lowest BCUT2D eigenvalue weighted by Gasteiger charge is -2.29. The van der Waals surface area contributed by atoms with Gasteiger partial charge in [-0.3, -0.25) is 0 Å². The summed E-state index contributed by atoms with van der Waals surface area (Å²) in [6.45, 7) is 4.39. The van der Waals surface area contributed by atoms with Gasteiger partial charge >= 0.3 is 0 Å². The highest BCUT2D eigenvalue weighted by Crippen LogP contribution is 2.27. The molecule has 1 saturated carbocycles. The summed E-state index contributed by atoms with van der Waals surface area (Å²) in [7, 11) is 2.04. The Morgan fingerprint density at radius 3 is 2.74 bits per heavy atom. The minimum atomic E-state index is -0.169. The maximum atomic E-state index is 14.4. The number of halogens is 1. The first kappa shape index (κ1) is 16.7. The molecule has 1 N–H and O–H groups in total. The minimum absolute atomic E-state index is 0.154. The zero-order chi connectivity index (χ0) is 16.2. The summed E-state index contributed by atoms with van der Waals surface area (Å²) in [6, 6.07) is 5.54. The van der Waals surface area contributed by atoms with Gasteiger partial charge in [0.15, 0.2) is 0 Å². The number of ether oxygens (including phenoxy) is 1. The van der Waals surface area contributed by atoms with Crippen LogP contribution in [0.25, 0.3) is 0 Å². The second kappa shape index (κ2) is 7.60. The van der Waals surface area contributed by atoms with Crippen LogP contribution in [-0.2, 0) is 11.3 Å². The van der Waals surface area contributed by atoms with Crippen LogP contribution >= 0.6 is 0 Å². The Hall–Kier alpha value is -1.17. The van der Waals surface area contributed by atoms with Crippen LogP contribution in [0.4, 0.5) is 10.1 Å². The summed E-state index contributed by atoms with van der Waals surface area (Å²) in [5, 5.41) is 9.93. The standard InChI is InChI=1S/C18H27FN2O2/c1-20(13-15-3-2-4-18(15)22)12-14-5-6-17(16(19)11-14)21-7-9-23-10-8-21/h5-6,11,15,18,22H,2-4,7-10,12-13H2,1H3. The Morgan fingerprint density at radius 1 is 1.30 bits per heavy atom. The summed E-state index contributed by atoms with van der Waals surface area (Å²) in [5.41, 5.74) is 1.65.